The lowest BCUT2D eigenvalue weighted by Gasteiger charge is -2.11. The van der Waals surface area contributed by atoms with Crippen molar-refractivity contribution in [3.05, 3.63) is 30.1 Å². The molecule has 1 saturated carbocycles. The first-order valence-electron chi connectivity index (χ1n) is 5.73. The van der Waals surface area contributed by atoms with Crippen molar-refractivity contribution in [2.45, 2.75) is 25.7 Å². The van der Waals surface area contributed by atoms with Gasteiger partial charge in [-0.05, 0) is 43.2 Å². The maximum Gasteiger partial charge on any atom is 0.126 e. The Kier molecular flexibility index (Phi) is 3.44. The van der Waals surface area contributed by atoms with Crippen molar-refractivity contribution in [3.8, 4) is 5.75 Å². The summed E-state index contributed by atoms with van der Waals surface area (Å²) < 4.78 is 18.3. The minimum atomic E-state index is -0.272. The summed E-state index contributed by atoms with van der Waals surface area (Å²) in [6.45, 7) is 0.873. The maximum atomic E-state index is 12.8. The van der Waals surface area contributed by atoms with Crippen molar-refractivity contribution in [3.63, 3.8) is 0 Å². The highest BCUT2D eigenvalue weighted by Crippen LogP contribution is 2.48. The number of hydrogen-bond donors (Lipinski definition) is 1. The van der Waals surface area contributed by atoms with Crippen LogP contribution in [0.4, 0.5) is 4.39 Å². The summed E-state index contributed by atoms with van der Waals surface area (Å²) >= 11 is 0. The second-order valence-electron chi connectivity index (χ2n) is 4.57. The Labute approximate surface area is 95.1 Å². The van der Waals surface area contributed by atoms with E-state index in [4.69, 9.17) is 9.84 Å². The van der Waals surface area contributed by atoms with E-state index in [-0.39, 0.29) is 17.8 Å². The molecule has 0 heterocycles. The van der Waals surface area contributed by atoms with E-state index >= 15 is 0 Å². The molecule has 0 amide bonds. The molecule has 0 bridgehead atoms. The molecule has 16 heavy (non-hydrogen) atoms. The Morgan fingerprint density at radius 2 is 2.19 bits per heavy atom. The van der Waals surface area contributed by atoms with Gasteiger partial charge >= 0.3 is 0 Å². The molecule has 0 unspecified atom stereocenters. The first-order valence-corrected chi connectivity index (χ1v) is 5.73. The van der Waals surface area contributed by atoms with Gasteiger partial charge in [-0.15, -0.1) is 0 Å². The van der Waals surface area contributed by atoms with Crippen molar-refractivity contribution < 1.29 is 14.2 Å². The van der Waals surface area contributed by atoms with Gasteiger partial charge < -0.3 is 9.84 Å². The summed E-state index contributed by atoms with van der Waals surface area (Å²) in [5.74, 6) is 0.306. The first kappa shape index (κ1) is 11.4. The van der Waals surface area contributed by atoms with Gasteiger partial charge in [0.1, 0.15) is 11.6 Å². The van der Waals surface area contributed by atoms with Gasteiger partial charge in [0, 0.05) is 12.7 Å². The van der Waals surface area contributed by atoms with Crippen LogP contribution in [0.5, 0.6) is 5.75 Å². The van der Waals surface area contributed by atoms with Gasteiger partial charge in [-0.1, -0.05) is 6.07 Å². The van der Waals surface area contributed by atoms with Crippen molar-refractivity contribution >= 4 is 0 Å². The topological polar surface area (TPSA) is 29.5 Å². The lowest BCUT2D eigenvalue weighted by Crippen LogP contribution is -2.08. The fourth-order valence-electron chi connectivity index (χ4n) is 1.86. The van der Waals surface area contributed by atoms with E-state index in [1.165, 1.54) is 12.1 Å². The normalized spacial score (nSPS) is 17.1. The van der Waals surface area contributed by atoms with Crippen molar-refractivity contribution in [2.24, 2.45) is 5.41 Å². The van der Waals surface area contributed by atoms with Crippen LogP contribution in [-0.2, 0) is 0 Å². The molecule has 1 aromatic rings. The number of halogens is 1. The average Bonchev–Trinajstić information content (AvgIpc) is 3.05. The largest absolute Gasteiger partial charge is 0.493 e. The third-order valence-corrected chi connectivity index (χ3v) is 3.21. The molecular weight excluding hydrogens is 207 g/mol. The zero-order chi connectivity index (χ0) is 11.4. The lowest BCUT2D eigenvalue weighted by molar-refractivity contribution is 0.190. The molecule has 0 atom stereocenters. The third-order valence-electron chi connectivity index (χ3n) is 3.21. The number of rotatable bonds is 6. The molecule has 1 aliphatic rings. The van der Waals surface area contributed by atoms with Crippen LogP contribution >= 0.6 is 0 Å². The molecule has 0 saturated heterocycles. The van der Waals surface area contributed by atoms with Gasteiger partial charge in [0.05, 0.1) is 6.61 Å². The number of ether oxygens (including phenoxy) is 1. The van der Waals surface area contributed by atoms with E-state index in [0.29, 0.717) is 12.4 Å². The minimum Gasteiger partial charge on any atom is -0.493 e. The monoisotopic (exact) mass is 224 g/mol. The molecule has 1 aliphatic carbocycles. The van der Waals surface area contributed by atoms with Crippen LogP contribution in [0.1, 0.15) is 25.7 Å². The van der Waals surface area contributed by atoms with E-state index in [1.54, 1.807) is 12.1 Å². The van der Waals surface area contributed by atoms with Crippen LogP contribution in [0.15, 0.2) is 24.3 Å². The van der Waals surface area contributed by atoms with Crippen molar-refractivity contribution in [2.75, 3.05) is 13.2 Å². The Morgan fingerprint density at radius 3 is 2.81 bits per heavy atom. The quantitative estimate of drug-likeness (QED) is 0.753. The molecule has 1 N–H and O–H groups in total. The summed E-state index contributed by atoms with van der Waals surface area (Å²) in [5.41, 5.74) is 0.186. The number of hydrogen-bond acceptors (Lipinski definition) is 2. The smallest absolute Gasteiger partial charge is 0.126 e. The fraction of sp³-hybridized carbons (Fsp3) is 0.538. The third kappa shape index (κ3) is 2.95. The van der Waals surface area contributed by atoms with Gasteiger partial charge in [-0.25, -0.2) is 4.39 Å². The van der Waals surface area contributed by atoms with E-state index in [2.05, 4.69) is 0 Å². The summed E-state index contributed by atoms with van der Waals surface area (Å²) in [4.78, 5) is 0. The average molecular weight is 224 g/mol. The summed E-state index contributed by atoms with van der Waals surface area (Å²) in [7, 11) is 0. The standard InChI is InChI=1S/C13H17FO2/c14-11-3-1-4-12(9-11)16-8-2-5-13(10-15)6-7-13/h1,3-4,9,15H,2,5-8,10H2. The Morgan fingerprint density at radius 1 is 1.38 bits per heavy atom. The van der Waals surface area contributed by atoms with Crippen molar-refractivity contribution in [1.82, 2.24) is 0 Å². The van der Waals surface area contributed by atoms with E-state index < -0.39 is 0 Å². The van der Waals surface area contributed by atoms with Crippen LogP contribution in [0.2, 0.25) is 0 Å². The molecule has 88 valence electrons. The molecule has 2 nitrogen and oxygen atoms in total. The van der Waals surface area contributed by atoms with E-state index in [0.717, 1.165) is 25.7 Å². The predicted octanol–water partition coefficient (Wildman–Crippen LogP) is 2.76. The highest BCUT2D eigenvalue weighted by atomic mass is 19.1. The zero-order valence-electron chi connectivity index (χ0n) is 9.29. The zero-order valence-corrected chi connectivity index (χ0v) is 9.29. The SMILES string of the molecule is OCC1(CCCOc2cccc(F)c2)CC1. The lowest BCUT2D eigenvalue weighted by atomic mass is 10.0. The second-order valence-corrected chi connectivity index (χ2v) is 4.57. The maximum absolute atomic E-state index is 12.8. The first-order chi connectivity index (χ1) is 7.74. The van der Waals surface area contributed by atoms with Crippen LogP contribution in [-0.4, -0.2) is 18.3 Å². The van der Waals surface area contributed by atoms with Gasteiger partial charge in [-0.2, -0.15) is 0 Å². The van der Waals surface area contributed by atoms with Crippen LogP contribution < -0.4 is 4.74 Å². The number of benzene rings is 1. The van der Waals surface area contributed by atoms with Gasteiger partial charge in [0.25, 0.3) is 0 Å². The molecule has 0 aromatic heterocycles. The summed E-state index contributed by atoms with van der Waals surface area (Å²) in [6, 6.07) is 6.18. The van der Waals surface area contributed by atoms with Crippen LogP contribution in [0.25, 0.3) is 0 Å². The Balaban J connectivity index is 1.68. The molecule has 0 radical (unpaired) electrons. The van der Waals surface area contributed by atoms with Gasteiger partial charge in [0.15, 0.2) is 0 Å². The Hall–Kier alpha value is -1.09. The molecule has 0 spiro atoms. The number of aliphatic hydroxyl groups excluding tert-OH is 1. The second kappa shape index (κ2) is 4.83. The van der Waals surface area contributed by atoms with E-state index in [9.17, 15) is 4.39 Å². The molecule has 1 aromatic carbocycles. The predicted molar refractivity (Wildman–Crippen MR) is 59.9 cm³/mol. The summed E-state index contributed by atoms with van der Waals surface area (Å²) in [5, 5.41) is 9.12. The highest BCUT2D eigenvalue weighted by Gasteiger charge is 2.40. The highest BCUT2D eigenvalue weighted by molar-refractivity contribution is 5.22. The summed E-state index contributed by atoms with van der Waals surface area (Å²) in [6.07, 6.45) is 4.17. The van der Waals surface area contributed by atoms with Crippen molar-refractivity contribution in [1.29, 1.82) is 0 Å². The molecule has 1 fully saturated rings. The molecule has 2 rings (SSSR count). The Bertz CT molecular complexity index is 348. The van der Waals surface area contributed by atoms with E-state index in [1.807, 2.05) is 0 Å². The van der Waals surface area contributed by atoms with Crippen LogP contribution in [0.3, 0.4) is 0 Å². The molecule has 3 heteroatoms. The number of aliphatic hydroxyl groups is 1. The fourth-order valence-corrected chi connectivity index (χ4v) is 1.86. The van der Waals surface area contributed by atoms with Crippen LogP contribution in [0, 0.1) is 11.2 Å². The molecular formula is C13H17FO2. The minimum absolute atomic E-state index is 0.186. The van der Waals surface area contributed by atoms with Gasteiger partial charge in [-0.3, -0.25) is 0 Å². The van der Waals surface area contributed by atoms with Gasteiger partial charge in [0.2, 0.25) is 0 Å². The molecule has 0 aliphatic heterocycles.